The molecule has 1 aromatic carbocycles. The van der Waals surface area contributed by atoms with Crippen LogP contribution in [0.15, 0.2) is 24.3 Å². The Hall–Kier alpha value is -1.11. The molecule has 0 spiro atoms. The molecule has 5 nitrogen and oxygen atoms in total. The lowest BCUT2D eigenvalue weighted by atomic mass is 10.1. The van der Waals surface area contributed by atoms with Gasteiger partial charge in [0.2, 0.25) is 10.0 Å². The molecule has 1 aromatic rings. The van der Waals surface area contributed by atoms with Crippen LogP contribution in [-0.4, -0.2) is 40.4 Å². The van der Waals surface area contributed by atoms with E-state index in [2.05, 4.69) is 10.0 Å². The van der Waals surface area contributed by atoms with Gasteiger partial charge >= 0.3 is 0 Å². The van der Waals surface area contributed by atoms with Gasteiger partial charge in [-0.2, -0.15) is 0 Å². The summed E-state index contributed by atoms with van der Waals surface area (Å²) >= 11 is 0. The topological polar surface area (TPSA) is 67.4 Å². The highest BCUT2D eigenvalue weighted by atomic mass is 32.2. The van der Waals surface area contributed by atoms with Crippen molar-refractivity contribution in [1.82, 2.24) is 10.0 Å². The molecule has 1 aliphatic rings. The summed E-state index contributed by atoms with van der Waals surface area (Å²) < 4.78 is 31.8. The van der Waals surface area contributed by atoms with Crippen LogP contribution in [0.25, 0.3) is 0 Å². The Morgan fingerprint density at radius 1 is 1.40 bits per heavy atom. The molecule has 2 rings (SSSR count). The molecule has 0 aromatic heterocycles. The molecule has 0 saturated carbocycles. The average Bonchev–Trinajstić information content (AvgIpc) is 2.91. The van der Waals surface area contributed by atoms with Crippen molar-refractivity contribution in [2.75, 3.05) is 26.0 Å². The minimum Gasteiger partial charge on any atom is -0.496 e. The van der Waals surface area contributed by atoms with E-state index in [9.17, 15) is 8.42 Å². The zero-order valence-corrected chi connectivity index (χ0v) is 12.6. The van der Waals surface area contributed by atoms with Crippen LogP contribution < -0.4 is 14.8 Å². The molecule has 1 heterocycles. The second kappa shape index (κ2) is 7.06. The number of methoxy groups -OCH3 is 1. The lowest BCUT2D eigenvalue weighted by Gasteiger charge is -2.12. The molecule has 1 saturated heterocycles. The maximum Gasteiger partial charge on any atom is 0.213 e. The first-order chi connectivity index (χ1) is 9.61. The van der Waals surface area contributed by atoms with Gasteiger partial charge in [-0.05, 0) is 37.4 Å². The third kappa shape index (κ3) is 4.47. The number of hydrogen-bond donors (Lipinski definition) is 2. The van der Waals surface area contributed by atoms with Crippen LogP contribution in [0.1, 0.15) is 18.4 Å². The number of rotatable bonds is 7. The minimum absolute atomic E-state index is 0.0961. The van der Waals surface area contributed by atoms with Crippen LogP contribution >= 0.6 is 0 Å². The fraction of sp³-hybridized carbons (Fsp3) is 0.571. The van der Waals surface area contributed by atoms with Gasteiger partial charge in [-0.25, -0.2) is 13.1 Å². The van der Waals surface area contributed by atoms with Crippen molar-refractivity contribution in [3.8, 4) is 5.75 Å². The summed E-state index contributed by atoms with van der Waals surface area (Å²) in [5.41, 5.74) is 1.01. The Bertz CT molecular complexity index is 525. The maximum atomic E-state index is 11.9. The molecule has 1 fully saturated rings. The molecule has 6 heteroatoms. The third-order valence-electron chi connectivity index (χ3n) is 3.49. The molecule has 112 valence electrons. The van der Waals surface area contributed by atoms with Crippen molar-refractivity contribution in [1.29, 1.82) is 0 Å². The first kappa shape index (κ1) is 15.3. The third-order valence-corrected chi connectivity index (χ3v) is 4.98. The van der Waals surface area contributed by atoms with Crippen molar-refractivity contribution < 1.29 is 13.2 Å². The van der Waals surface area contributed by atoms with Gasteiger partial charge in [-0.15, -0.1) is 0 Å². The van der Waals surface area contributed by atoms with Crippen molar-refractivity contribution in [2.24, 2.45) is 0 Å². The van der Waals surface area contributed by atoms with E-state index in [0.29, 0.717) is 13.0 Å². The van der Waals surface area contributed by atoms with E-state index in [1.807, 2.05) is 24.3 Å². The van der Waals surface area contributed by atoms with Crippen molar-refractivity contribution in [2.45, 2.75) is 25.3 Å². The number of hydrogen-bond acceptors (Lipinski definition) is 4. The van der Waals surface area contributed by atoms with Crippen LogP contribution in [0.3, 0.4) is 0 Å². The van der Waals surface area contributed by atoms with E-state index in [1.54, 1.807) is 7.11 Å². The van der Waals surface area contributed by atoms with Gasteiger partial charge in [-0.1, -0.05) is 18.2 Å². The van der Waals surface area contributed by atoms with E-state index >= 15 is 0 Å². The van der Waals surface area contributed by atoms with Gasteiger partial charge in [0, 0.05) is 12.6 Å². The highest BCUT2D eigenvalue weighted by Gasteiger charge is 2.21. The maximum absolute atomic E-state index is 11.9. The zero-order valence-electron chi connectivity index (χ0n) is 11.8. The number of sulfonamides is 1. The highest BCUT2D eigenvalue weighted by Crippen LogP contribution is 2.17. The van der Waals surface area contributed by atoms with Gasteiger partial charge in [0.05, 0.1) is 12.9 Å². The van der Waals surface area contributed by atoms with Crippen molar-refractivity contribution >= 4 is 10.0 Å². The molecule has 0 bridgehead atoms. The smallest absolute Gasteiger partial charge is 0.213 e. The summed E-state index contributed by atoms with van der Waals surface area (Å²) in [7, 11) is -1.59. The van der Waals surface area contributed by atoms with Gasteiger partial charge in [0.15, 0.2) is 0 Å². The lowest BCUT2D eigenvalue weighted by molar-refractivity contribution is 0.409. The Labute approximate surface area is 120 Å². The van der Waals surface area contributed by atoms with E-state index in [4.69, 9.17) is 4.74 Å². The molecule has 0 aliphatic carbocycles. The van der Waals surface area contributed by atoms with E-state index in [-0.39, 0.29) is 11.8 Å². The lowest BCUT2D eigenvalue weighted by Crippen LogP contribution is -2.37. The molecule has 20 heavy (non-hydrogen) atoms. The molecule has 1 atom stereocenters. The molecule has 0 amide bonds. The Kier molecular flexibility index (Phi) is 5.39. The normalized spacial score (nSPS) is 19.1. The summed E-state index contributed by atoms with van der Waals surface area (Å²) in [6.07, 6.45) is 2.62. The second-order valence-electron chi connectivity index (χ2n) is 5.03. The van der Waals surface area contributed by atoms with Gasteiger partial charge in [0.25, 0.3) is 0 Å². The summed E-state index contributed by atoms with van der Waals surface area (Å²) in [6, 6.07) is 7.75. The predicted molar refractivity (Wildman–Crippen MR) is 79.5 cm³/mol. The van der Waals surface area contributed by atoms with E-state index in [1.165, 1.54) is 0 Å². The highest BCUT2D eigenvalue weighted by molar-refractivity contribution is 7.89. The molecule has 0 radical (unpaired) electrons. The molecule has 1 aliphatic heterocycles. The number of benzene rings is 1. The Morgan fingerprint density at radius 3 is 2.90 bits per heavy atom. The number of ether oxygens (including phenoxy) is 1. The summed E-state index contributed by atoms with van der Waals surface area (Å²) in [5, 5.41) is 3.20. The van der Waals surface area contributed by atoms with Gasteiger partial charge in [0.1, 0.15) is 5.75 Å². The van der Waals surface area contributed by atoms with Crippen molar-refractivity contribution in [3.05, 3.63) is 29.8 Å². The summed E-state index contributed by atoms with van der Waals surface area (Å²) in [4.78, 5) is 0. The van der Waals surface area contributed by atoms with E-state index < -0.39 is 10.0 Å². The largest absolute Gasteiger partial charge is 0.496 e. The van der Waals surface area contributed by atoms with Crippen LogP contribution in [0.5, 0.6) is 5.75 Å². The SMILES string of the molecule is COc1ccccc1CCNS(=O)(=O)CC1CCCN1. The first-order valence-corrected chi connectivity index (χ1v) is 8.58. The molecular weight excluding hydrogens is 276 g/mol. The summed E-state index contributed by atoms with van der Waals surface area (Å²) in [6.45, 7) is 1.32. The van der Waals surface area contributed by atoms with Crippen LogP contribution in [0, 0.1) is 0 Å². The van der Waals surface area contributed by atoms with Gasteiger partial charge in [-0.3, -0.25) is 0 Å². The monoisotopic (exact) mass is 298 g/mol. The molecule has 2 N–H and O–H groups in total. The van der Waals surface area contributed by atoms with Crippen molar-refractivity contribution in [3.63, 3.8) is 0 Å². The van der Waals surface area contributed by atoms with Crippen LogP contribution in [-0.2, 0) is 16.4 Å². The Morgan fingerprint density at radius 2 is 2.20 bits per heavy atom. The average molecular weight is 298 g/mol. The van der Waals surface area contributed by atoms with E-state index in [0.717, 1.165) is 30.7 Å². The zero-order chi connectivity index (χ0) is 14.4. The molecular formula is C14H22N2O3S. The minimum atomic E-state index is -3.21. The number of para-hydroxylation sites is 1. The summed E-state index contributed by atoms with van der Waals surface area (Å²) in [5.74, 6) is 0.961. The standard InChI is InChI=1S/C14H22N2O3S/c1-19-14-7-3-2-5-12(14)8-10-16-20(17,18)11-13-6-4-9-15-13/h2-3,5,7,13,15-16H,4,6,8-11H2,1H3. The van der Waals surface area contributed by atoms with Crippen LogP contribution in [0.4, 0.5) is 0 Å². The quantitative estimate of drug-likeness (QED) is 0.785. The predicted octanol–water partition coefficient (Wildman–Crippen LogP) is 0.909. The Balaban J connectivity index is 1.82. The van der Waals surface area contributed by atoms with Gasteiger partial charge < -0.3 is 10.1 Å². The van der Waals surface area contributed by atoms with Crippen LogP contribution in [0.2, 0.25) is 0 Å². The second-order valence-corrected chi connectivity index (χ2v) is 6.88. The fourth-order valence-electron chi connectivity index (χ4n) is 2.47. The molecule has 1 unspecified atom stereocenters. The fourth-order valence-corrected chi connectivity index (χ4v) is 3.82. The first-order valence-electron chi connectivity index (χ1n) is 6.93. The number of nitrogens with one attached hydrogen (secondary N) is 2.